The Bertz CT molecular complexity index is 1160. The van der Waals surface area contributed by atoms with E-state index in [0.717, 1.165) is 0 Å². The molecule has 1 aliphatic rings. The molecule has 3 heterocycles. The molecule has 0 bridgehead atoms. The van der Waals surface area contributed by atoms with Gasteiger partial charge in [-0.15, -0.1) is 0 Å². The highest BCUT2D eigenvalue weighted by Crippen LogP contribution is 2.35. The van der Waals surface area contributed by atoms with Crippen molar-refractivity contribution in [2.75, 3.05) is 13.2 Å². The van der Waals surface area contributed by atoms with Gasteiger partial charge in [0.15, 0.2) is 17.5 Å². The average molecular weight is 466 g/mol. The summed E-state index contributed by atoms with van der Waals surface area (Å²) in [4.78, 5) is 11.7. The summed E-state index contributed by atoms with van der Waals surface area (Å²) in [5, 5.41) is 51.5. The second-order valence-corrected chi connectivity index (χ2v) is 8.46. The van der Waals surface area contributed by atoms with Crippen LogP contribution in [0.3, 0.4) is 0 Å². The van der Waals surface area contributed by atoms with Gasteiger partial charge in [-0.05, 0) is 32.0 Å². The van der Waals surface area contributed by atoms with Crippen LogP contribution in [0.4, 0.5) is 0 Å². The monoisotopic (exact) mass is 466 g/mol. The highest BCUT2D eigenvalue weighted by atomic mass is 16.7. The lowest BCUT2D eigenvalue weighted by Gasteiger charge is -2.43. The van der Waals surface area contributed by atoms with E-state index < -0.39 is 54.6 Å². The number of rotatable bonds is 7. The number of fused-ring (bicyclic) bond motifs is 2. The first-order valence-corrected chi connectivity index (χ1v) is 10.4. The average Bonchev–Trinajstić information content (AvgIpc) is 3.25. The summed E-state index contributed by atoms with van der Waals surface area (Å²) >= 11 is 0. The van der Waals surface area contributed by atoms with Crippen LogP contribution in [0.5, 0.6) is 5.75 Å². The first-order chi connectivity index (χ1) is 15.6. The molecule has 1 fully saturated rings. The van der Waals surface area contributed by atoms with Crippen LogP contribution in [0, 0.1) is 0 Å². The Morgan fingerprint density at radius 3 is 2.52 bits per heavy atom. The minimum Gasteiger partial charge on any atom is -0.483 e. The van der Waals surface area contributed by atoms with Crippen molar-refractivity contribution in [1.29, 1.82) is 0 Å². The van der Waals surface area contributed by atoms with E-state index >= 15 is 0 Å². The van der Waals surface area contributed by atoms with Crippen molar-refractivity contribution in [3.63, 3.8) is 0 Å². The smallest absolute Gasteiger partial charge is 0.336 e. The van der Waals surface area contributed by atoms with E-state index in [0.29, 0.717) is 16.4 Å². The van der Waals surface area contributed by atoms with Crippen LogP contribution >= 0.6 is 0 Å². The van der Waals surface area contributed by atoms with Crippen molar-refractivity contribution in [2.45, 2.75) is 56.3 Å². The molecule has 5 N–H and O–H groups in total. The van der Waals surface area contributed by atoms with Crippen molar-refractivity contribution >= 4 is 21.9 Å². The molecule has 0 radical (unpaired) electrons. The first kappa shape index (κ1) is 23.6. The molecule has 4 rings (SSSR count). The van der Waals surface area contributed by atoms with Gasteiger partial charge in [-0.2, -0.15) is 0 Å². The summed E-state index contributed by atoms with van der Waals surface area (Å²) in [6.45, 7) is 2.09. The molecular formula is C22H26O11. The van der Waals surface area contributed by atoms with Crippen molar-refractivity contribution in [3.05, 3.63) is 40.9 Å². The zero-order valence-electron chi connectivity index (χ0n) is 18.0. The summed E-state index contributed by atoms with van der Waals surface area (Å²) in [5.41, 5.74) is -1.46. The largest absolute Gasteiger partial charge is 0.483 e. The van der Waals surface area contributed by atoms with Crippen LogP contribution in [0.2, 0.25) is 0 Å². The molecule has 1 aliphatic heterocycles. The predicted molar refractivity (Wildman–Crippen MR) is 113 cm³/mol. The lowest BCUT2D eigenvalue weighted by Crippen LogP contribution is -2.61. The highest BCUT2D eigenvalue weighted by molar-refractivity contribution is 5.99. The molecule has 0 spiro atoms. The third-order valence-electron chi connectivity index (χ3n) is 5.74. The first-order valence-electron chi connectivity index (χ1n) is 10.4. The molecule has 1 saturated heterocycles. The molecule has 2 aromatic heterocycles. The van der Waals surface area contributed by atoms with Gasteiger partial charge in [-0.25, -0.2) is 4.79 Å². The molecule has 3 aromatic rings. The summed E-state index contributed by atoms with van der Waals surface area (Å²) in [6, 6.07) is 6.36. The lowest BCUT2D eigenvalue weighted by molar-refractivity contribution is -0.332. The fourth-order valence-electron chi connectivity index (χ4n) is 3.64. The normalized spacial score (nSPS) is 27.2. The molecule has 180 valence electrons. The summed E-state index contributed by atoms with van der Waals surface area (Å²) in [7, 11) is 0. The number of aliphatic hydroxyl groups excluding tert-OH is 5. The molecule has 11 heteroatoms. The van der Waals surface area contributed by atoms with E-state index in [1.165, 1.54) is 26.2 Å². The standard InChI is InChI=1S/C22H26O11/c1-22(2,33-21-17(28)16(27)15(26)12(8-23)31-21)13(24)9-30-20-18-11(5-6-29-18)7-10-3-4-14(25)32-19(10)20/h3-7,12-13,15-17,21,23-24,26-28H,8-9H2,1-2H3. The molecule has 0 saturated carbocycles. The van der Waals surface area contributed by atoms with Gasteiger partial charge in [0.25, 0.3) is 0 Å². The second-order valence-electron chi connectivity index (χ2n) is 8.46. The minimum absolute atomic E-state index is 0.132. The molecule has 11 nitrogen and oxygen atoms in total. The third kappa shape index (κ3) is 4.49. The van der Waals surface area contributed by atoms with Crippen LogP contribution in [0.1, 0.15) is 13.8 Å². The number of benzene rings is 1. The number of furan rings is 1. The Morgan fingerprint density at radius 1 is 1.06 bits per heavy atom. The Hall–Kier alpha value is -2.51. The Morgan fingerprint density at radius 2 is 1.79 bits per heavy atom. The molecule has 1 aromatic carbocycles. The van der Waals surface area contributed by atoms with Gasteiger partial charge in [0, 0.05) is 16.8 Å². The fourth-order valence-corrected chi connectivity index (χ4v) is 3.64. The van der Waals surface area contributed by atoms with Gasteiger partial charge >= 0.3 is 5.63 Å². The minimum atomic E-state index is -1.62. The molecule has 0 amide bonds. The Kier molecular flexibility index (Phi) is 6.47. The summed E-state index contributed by atoms with van der Waals surface area (Å²) in [5.74, 6) is 0.132. The summed E-state index contributed by atoms with van der Waals surface area (Å²) < 4.78 is 27.6. The maximum absolute atomic E-state index is 11.7. The third-order valence-corrected chi connectivity index (χ3v) is 5.74. The van der Waals surface area contributed by atoms with Crippen molar-refractivity contribution in [1.82, 2.24) is 0 Å². The van der Waals surface area contributed by atoms with Crippen LogP contribution < -0.4 is 10.4 Å². The van der Waals surface area contributed by atoms with Crippen molar-refractivity contribution in [3.8, 4) is 5.75 Å². The number of aliphatic hydroxyl groups is 5. The van der Waals surface area contributed by atoms with E-state index in [9.17, 15) is 30.3 Å². The van der Waals surface area contributed by atoms with Crippen molar-refractivity contribution < 1.29 is 48.6 Å². The van der Waals surface area contributed by atoms with Gasteiger partial charge in [0.05, 0.1) is 18.5 Å². The van der Waals surface area contributed by atoms with Gasteiger partial charge in [-0.3, -0.25) is 0 Å². The number of hydrogen-bond donors (Lipinski definition) is 5. The van der Waals surface area contributed by atoms with Gasteiger partial charge in [0.1, 0.15) is 37.1 Å². The van der Waals surface area contributed by atoms with Gasteiger partial charge < -0.3 is 48.6 Å². The molecule has 33 heavy (non-hydrogen) atoms. The van der Waals surface area contributed by atoms with E-state index in [1.54, 1.807) is 18.2 Å². The molecule has 6 unspecified atom stereocenters. The quantitative estimate of drug-likeness (QED) is 0.294. The van der Waals surface area contributed by atoms with Gasteiger partial charge in [-0.1, -0.05) is 0 Å². The lowest BCUT2D eigenvalue weighted by atomic mass is 9.98. The number of ether oxygens (including phenoxy) is 3. The maximum Gasteiger partial charge on any atom is 0.336 e. The van der Waals surface area contributed by atoms with E-state index in [4.69, 9.17) is 23.0 Å². The van der Waals surface area contributed by atoms with Crippen LogP contribution in [-0.4, -0.2) is 81.2 Å². The van der Waals surface area contributed by atoms with E-state index in [1.807, 2.05) is 0 Å². The van der Waals surface area contributed by atoms with E-state index in [-0.39, 0.29) is 17.9 Å². The maximum atomic E-state index is 11.7. The van der Waals surface area contributed by atoms with E-state index in [2.05, 4.69) is 0 Å². The van der Waals surface area contributed by atoms with Crippen LogP contribution in [0.25, 0.3) is 21.9 Å². The van der Waals surface area contributed by atoms with Crippen molar-refractivity contribution in [2.24, 2.45) is 0 Å². The van der Waals surface area contributed by atoms with Crippen LogP contribution in [0.15, 0.2) is 44.2 Å². The predicted octanol–water partition coefficient (Wildman–Crippen LogP) is -0.126. The van der Waals surface area contributed by atoms with Crippen LogP contribution in [-0.2, 0) is 9.47 Å². The zero-order chi connectivity index (χ0) is 23.9. The molecule has 6 atom stereocenters. The summed E-state index contributed by atoms with van der Waals surface area (Å²) in [6.07, 6.45) is -7.18. The second kappa shape index (κ2) is 9.03. The number of hydrogen-bond acceptors (Lipinski definition) is 11. The Labute approximate surface area is 187 Å². The van der Waals surface area contributed by atoms with Gasteiger partial charge in [0.2, 0.25) is 5.75 Å². The Balaban J connectivity index is 1.53. The topological polar surface area (TPSA) is 172 Å². The SMILES string of the molecule is CC(C)(OC1OC(CO)C(O)C(O)C1O)C(O)COc1c2occc2cc2ccc(=O)oc12. The molecule has 0 aliphatic carbocycles. The fraction of sp³-hybridized carbons (Fsp3) is 0.500. The molecular weight excluding hydrogens is 440 g/mol. The highest BCUT2D eigenvalue weighted by Gasteiger charge is 2.47. The zero-order valence-corrected chi connectivity index (χ0v) is 18.0.